The van der Waals surface area contributed by atoms with Gasteiger partial charge in [-0.25, -0.2) is 4.39 Å². The number of pyridine rings is 1. The second-order valence-electron chi connectivity index (χ2n) is 10.2. The highest BCUT2D eigenvalue weighted by molar-refractivity contribution is 6.30. The predicted octanol–water partition coefficient (Wildman–Crippen LogP) is 5.79. The summed E-state index contributed by atoms with van der Waals surface area (Å²) in [5.41, 5.74) is -0.881. The van der Waals surface area contributed by atoms with Crippen LogP contribution in [0.1, 0.15) is 77.8 Å². The minimum absolute atomic E-state index is 0.0197. The quantitative estimate of drug-likeness (QED) is 0.445. The summed E-state index contributed by atoms with van der Waals surface area (Å²) in [6.07, 6.45) is 4.83. The molecule has 1 fully saturated rings. The molecule has 3 aromatic rings. The summed E-state index contributed by atoms with van der Waals surface area (Å²) in [7, 11) is 0. The Kier molecular flexibility index (Phi) is 6.53. The summed E-state index contributed by atoms with van der Waals surface area (Å²) < 4.78 is 23.0. The van der Waals surface area contributed by atoms with Gasteiger partial charge in [-0.2, -0.15) is 5.26 Å². The highest BCUT2D eigenvalue weighted by atomic mass is 35.5. The van der Waals surface area contributed by atoms with E-state index in [1.165, 1.54) is 17.2 Å². The first-order valence-electron chi connectivity index (χ1n) is 12.3. The lowest BCUT2D eigenvalue weighted by Crippen LogP contribution is -2.48. The third-order valence-electron chi connectivity index (χ3n) is 7.14. The van der Waals surface area contributed by atoms with E-state index >= 15 is 4.39 Å². The molecule has 1 aromatic heterocycles. The van der Waals surface area contributed by atoms with E-state index in [1.54, 1.807) is 56.3 Å². The van der Waals surface area contributed by atoms with E-state index in [0.29, 0.717) is 27.4 Å². The van der Waals surface area contributed by atoms with Gasteiger partial charge in [-0.1, -0.05) is 36.6 Å². The molecule has 2 heterocycles. The van der Waals surface area contributed by atoms with E-state index < -0.39 is 23.1 Å². The summed E-state index contributed by atoms with van der Waals surface area (Å²) in [5.74, 6) is -1.06. The van der Waals surface area contributed by atoms with E-state index in [1.807, 2.05) is 6.07 Å². The fraction of sp³-hybridized carbons (Fsp3) is 0.345. The first kappa shape index (κ1) is 25.3. The maximum atomic E-state index is 16.2. The molecule has 1 aliphatic heterocycles. The van der Waals surface area contributed by atoms with Gasteiger partial charge in [0.25, 0.3) is 5.91 Å². The number of amides is 1. The van der Waals surface area contributed by atoms with Crippen LogP contribution < -0.4 is 0 Å². The Balaban J connectivity index is 1.75. The number of rotatable bonds is 6. The van der Waals surface area contributed by atoms with Gasteiger partial charge in [0.1, 0.15) is 11.9 Å². The Hall–Kier alpha value is -3.31. The zero-order valence-electron chi connectivity index (χ0n) is 20.7. The third kappa shape index (κ3) is 4.50. The van der Waals surface area contributed by atoms with E-state index in [0.717, 1.165) is 25.7 Å². The van der Waals surface area contributed by atoms with Crippen LogP contribution in [-0.4, -0.2) is 27.0 Å². The van der Waals surface area contributed by atoms with Gasteiger partial charge in [0, 0.05) is 16.8 Å². The van der Waals surface area contributed by atoms with Crippen molar-refractivity contribution in [3.05, 3.63) is 99.1 Å². The number of aromatic nitrogens is 1. The Labute approximate surface area is 220 Å². The van der Waals surface area contributed by atoms with Crippen molar-refractivity contribution >= 4 is 17.5 Å². The van der Waals surface area contributed by atoms with Crippen LogP contribution in [0.2, 0.25) is 5.02 Å². The van der Waals surface area contributed by atoms with Gasteiger partial charge >= 0.3 is 0 Å². The Morgan fingerprint density at radius 3 is 2.51 bits per heavy atom. The number of hydrogen-bond donors (Lipinski definition) is 1. The molecule has 1 amide bonds. The second kappa shape index (κ2) is 9.53. The Bertz CT molecular complexity index is 1370. The molecular formula is C29H27ClFN3O3. The average Bonchev–Trinajstić information content (AvgIpc) is 3.46. The van der Waals surface area contributed by atoms with Gasteiger partial charge < -0.3 is 9.84 Å². The number of ether oxygens (including phenoxy) is 1. The molecule has 0 spiro atoms. The smallest absolute Gasteiger partial charge is 0.257 e. The minimum atomic E-state index is -1.57. The molecule has 37 heavy (non-hydrogen) atoms. The topological polar surface area (TPSA) is 86.5 Å². The van der Waals surface area contributed by atoms with Crippen LogP contribution in [0.25, 0.3) is 0 Å². The highest BCUT2D eigenvalue weighted by Crippen LogP contribution is 2.50. The maximum absolute atomic E-state index is 16.2. The number of benzene rings is 2. The molecule has 0 bridgehead atoms. The minimum Gasteiger partial charge on any atom is -0.386 e. The first-order valence-corrected chi connectivity index (χ1v) is 12.7. The van der Waals surface area contributed by atoms with Crippen LogP contribution >= 0.6 is 11.6 Å². The van der Waals surface area contributed by atoms with Gasteiger partial charge in [-0.3, -0.25) is 14.7 Å². The normalized spacial score (nSPS) is 19.8. The van der Waals surface area contributed by atoms with Crippen LogP contribution in [0.4, 0.5) is 4.39 Å². The van der Waals surface area contributed by atoms with E-state index in [2.05, 4.69) is 4.98 Å². The summed E-state index contributed by atoms with van der Waals surface area (Å²) in [6.45, 7) is 3.12. The SMILES string of the molecule is CC(C)(O)c1cc(F)c2c(c1)C(=O)N(Cc1ccc(C#N)cn1)C2(OC1CCCC1)c1ccc(Cl)cc1. The van der Waals surface area contributed by atoms with E-state index in [-0.39, 0.29) is 23.8 Å². The molecule has 1 unspecified atom stereocenters. The molecule has 190 valence electrons. The van der Waals surface area contributed by atoms with E-state index in [4.69, 9.17) is 21.6 Å². The molecule has 0 saturated heterocycles. The lowest BCUT2D eigenvalue weighted by Gasteiger charge is -2.41. The number of nitriles is 1. The highest BCUT2D eigenvalue weighted by Gasteiger charge is 2.55. The fourth-order valence-electron chi connectivity index (χ4n) is 5.24. The van der Waals surface area contributed by atoms with Gasteiger partial charge in [0.05, 0.1) is 40.6 Å². The summed E-state index contributed by atoms with van der Waals surface area (Å²) in [4.78, 5) is 19.9. The molecule has 2 aliphatic rings. The van der Waals surface area contributed by atoms with Crippen LogP contribution in [0.3, 0.4) is 0 Å². The second-order valence-corrected chi connectivity index (χ2v) is 10.6. The number of fused-ring (bicyclic) bond motifs is 1. The molecular weight excluding hydrogens is 493 g/mol. The summed E-state index contributed by atoms with van der Waals surface area (Å²) in [6, 6.07) is 15.1. The molecule has 6 nitrogen and oxygen atoms in total. The van der Waals surface area contributed by atoms with Crippen molar-refractivity contribution < 1.29 is 19.0 Å². The summed E-state index contributed by atoms with van der Waals surface area (Å²) >= 11 is 6.20. The Morgan fingerprint density at radius 1 is 1.22 bits per heavy atom. The molecule has 2 aromatic carbocycles. The molecule has 0 radical (unpaired) electrons. The molecule has 5 rings (SSSR count). The zero-order valence-corrected chi connectivity index (χ0v) is 21.4. The Morgan fingerprint density at radius 2 is 1.92 bits per heavy atom. The zero-order chi connectivity index (χ0) is 26.4. The van der Waals surface area contributed by atoms with Crippen LogP contribution in [0, 0.1) is 17.1 Å². The predicted molar refractivity (Wildman–Crippen MR) is 136 cm³/mol. The average molecular weight is 520 g/mol. The number of nitrogens with zero attached hydrogens (tertiary/aromatic N) is 3. The molecule has 8 heteroatoms. The molecule has 1 N–H and O–H groups in total. The van der Waals surface area contributed by atoms with Crippen molar-refractivity contribution in [2.45, 2.75) is 63.5 Å². The maximum Gasteiger partial charge on any atom is 0.257 e. The van der Waals surface area contributed by atoms with Crippen LogP contribution in [0.5, 0.6) is 0 Å². The lowest BCUT2D eigenvalue weighted by atomic mass is 9.88. The molecule has 1 aliphatic carbocycles. The monoisotopic (exact) mass is 519 g/mol. The van der Waals surface area contributed by atoms with Crippen molar-refractivity contribution in [2.24, 2.45) is 0 Å². The largest absolute Gasteiger partial charge is 0.386 e. The number of aliphatic hydroxyl groups is 1. The standard InChI is InChI=1S/C29H27ClFN3O3/c1-28(2,36)20-13-24-26(25(31)14-20)29(37-23-5-3-4-6-23,19-8-10-21(30)11-9-19)34(27(24)35)17-22-12-7-18(15-32)16-33-22/h7-14,16,23,36H,3-6,17H2,1-2H3. The number of carbonyl (C=O) groups is 1. The number of halogens is 2. The number of hydrogen-bond acceptors (Lipinski definition) is 5. The third-order valence-corrected chi connectivity index (χ3v) is 7.39. The summed E-state index contributed by atoms with van der Waals surface area (Å²) in [5, 5.41) is 20.3. The van der Waals surface area contributed by atoms with Crippen molar-refractivity contribution in [3.63, 3.8) is 0 Å². The van der Waals surface area contributed by atoms with Gasteiger partial charge in [-0.15, -0.1) is 0 Å². The van der Waals surface area contributed by atoms with E-state index in [9.17, 15) is 9.90 Å². The van der Waals surface area contributed by atoms with Crippen molar-refractivity contribution in [3.8, 4) is 6.07 Å². The van der Waals surface area contributed by atoms with Crippen LogP contribution in [0.15, 0.2) is 54.7 Å². The van der Waals surface area contributed by atoms with Gasteiger partial charge in [-0.05, 0) is 68.7 Å². The fourth-order valence-corrected chi connectivity index (χ4v) is 5.37. The van der Waals surface area contributed by atoms with Crippen molar-refractivity contribution in [2.75, 3.05) is 0 Å². The first-order chi connectivity index (χ1) is 17.6. The van der Waals surface area contributed by atoms with Gasteiger partial charge in [0.15, 0.2) is 0 Å². The molecule has 1 saturated carbocycles. The lowest BCUT2D eigenvalue weighted by molar-refractivity contribution is -0.147. The molecule has 1 atom stereocenters. The van der Waals surface area contributed by atoms with Crippen molar-refractivity contribution in [1.82, 2.24) is 9.88 Å². The van der Waals surface area contributed by atoms with Gasteiger partial charge in [0.2, 0.25) is 5.72 Å². The van der Waals surface area contributed by atoms with Crippen LogP contribution in [-0.2, 0) is 22.6 Å². The number of carbonyl (C=O) groups excluding carboxylic acids is 1. The van der Waals surface area contributed by atoms with Crippen molar-refractivity contribution in [1.29, 1.82) is 5.26 Å².